The van der Waals surface area contributed by atoms with Crippen LogP contribution >= 0.6 is 0 Å². The summed E-state index contributed by atoms with van der Waals surface area (Å²) < 4.78 is 5.03. The molecule has 1 aromatic carbocycles. The van der Waals surface area contributed by atoms with E-state index in [1.54, 1.807) is 13.8 Å². The average Bonchev–Trinajstić information content (AvgIpc) is 2.38. The van der Waals surface area contributed by atoms with Gasteiger partial charge in [-0.05, 0) is 32.0 Å². The number of nitrogens with one attached hydrogen (secondary N) is 1. The van der Waals surface area contributed by atoms with Gasteiger partial charge in [-0.2, -0.15) is 0 Å². The third kappa shape index (κ3) is 3.55. The summed E-state index contributed by atoms with van der Waals surface area (Å²) in [5, 5.41) is 2.54. The van der Waals surface area contributed by atoms with Crippen molar-refractivity contribution >= 4 is 23.4 Å². The predicted octanol–water partition coefficient (Wildman–Crippen LogP) is 0.248. The van der Waals surface area contributed by atoms with Crippen molar-refractivity contribution in [2.75, 3.05) is 12.4 Å². The second kappa shape index (κ2) is 5.70. The molecule has 1 aromatic rings. The van der Waals surface area contributed by atoms with Crippen molar-refractivity contribution in [1.29, 1.82) is 0 Å². The van der Waals surface area contributed by atoms with Crippen LogP contribution < -0.4 is 16.8 Å². The molecule has 0 heterocycles. The molecule has 0 aromatic heterocycles. The maximum atomic E-state index is 12.0. The number of nitrogens with two attached hydrogens (primary N) is 2. The molecular weight excluding hydrogens is 262 g/mol. The highest BCUT2D eigenvalue weighted by molar-refractivity contribution is 6.02. The molecule has 0 radical (unpaired) electrons. The van der Waals surface area contributed by atoms with Crippen LogP contribution in [0.3, 0.4) is 0 Å². The van der Waals surface area contributed by atoms with E-state index < -0.39 is 23.3 Å². The van der Waals surface area contributed by atoms with E-state index in [1.807, 2.05) is 0 Å². The molecule has 0 bridgehead atoms. The van der Waals surface area contributed by atoms with Crippen molar-refractivity contribution < 1.29 is 19.1 Å². The van der Waals surface area contributed by atoms with Gasteiger partial charge < -0.3 is 21.5 Å². The fourth-order valence-corrected chi connectivity index (χ4v) is 1.36. The Bertz CT molecular complexity index is 534. The summed E-state index contributed by atoms with van der Waals surface area (Å²) in [7, 11) is 1.40. The molecule has 7 nitrogen and oxygen atoms in total. The number of rotatable bonds is 5. The number of hydrogen-bond acceptors (Lipinski definition) is 4. The van der Waals surface area contributed by atoms with Gasteiger partial charge in [0.15, 0.2) is 0 Å². The number of carbonyl (C=O) groups is 3. The van der Waals surface area contributed by atoms with Crippen LogP contribution in [0, 0.1) is 0 Å². The molecule has 0 spiro atoms. The average molecular weight is 279 g/mol. The summed E-state index contributed by atoms with van der Waals surface area (Å²) in [4.78, 5) is 34.4. The zero-order valence-corrected chi connectivity index (χ0v) is 11.5. The van der Waals surface area contributed by atoms with Crippen molar-refractivity contribution in [3.63, 3.8) is 0 Å². The van der Waals surface area contributed by atoms with E-state index in [2.05, 4.69) is 5.32 Å². The number of methoxy groups -OCH3 is 1. The third-order valence-corrected chi connectivity index (χ3v) is 2.82. The van der Waals surface area contributed by atoms with Crippen molar-refractivity contribution in [1.82, 2.24) is 0 Å². The Kier molecular flexibility index (Phi) is 4.46. The minimum absolute atomic E-state index is 0.0758. The first-order chi connectivity index (χ1) is 9.17. The maximum absolute atomic E-state index is 12.0. The monoisotopic (exact) mass is 279 g/mol. The Balaban J connectivity index is 3.15. The highest BCUT2D eigenvalue weighted by Gasteiger charge is 2.27. The number of primary amides is 2. The van der Waals surface area contributed by atoms with Crippen LogP contribution in [-0.4, -0.2) is 30.4 Å². The molecule has 20 heavy (non-hydrogen) atoms. The van der Waals surface area contributed by atoms with Crippen LogP contribution in [0.2, 0.25) is 0 Å². The maximum Gasteiger partial charge on any atom is 0.256 e. The van der Waals surface area contributed by atoms with E-state index in [1.165, 1.54) is 25.3 Å². The molecular formula is C13H17N3O4. The molecule has 1 rings (SSSR count). The fourth-order valence-electron chi connectivity index (χ4n) is 1.36. The summed E-state index contributed by atoms with van der Waals surface area (Å²) in [6.45, 7) is 3.16. The number of hydrogen-bond donors (Lipinski definition) is 3. The highest BCUT2D eigenvalue weighted by Crippen LogP contribution is 2.17. The fraction of sp³-hybridized carbons (Fsp3) is 0.308. The van der Waals surface area contributed by atoms with Crippen LogP contribution in [0.4, 0.5) is 5.69 Å². The summed E-state index contributed by atoms with van der Waals surface area (Å²) in [5.74, 6) is -1.89. The van der Waals surface area contributed by atoms with Crippen molar-refractivity contribution in [2.45, 2.75) is 19.4 Å². The van der Waals surface area contributed by atoms with Crippen molar-refractivity contribution in [2.24, 2.45) is 11.5 Å². The largest absolute Gasteiger partial charge is 0.369 e. The molecule has 0 atom stereocenters. The molecule has 7 heteroatoms. The Morgan fingerprint density at radius 3 is 1.85 bits per heavy atom. The predicted molar refractivity (Wildman–Crippen MR) is 73.2 cm³/mol. The first-order valence-electron chi connectivity index (χ1n) is 5.78. The molecule has 0 aliphatic heterocycles. The molecule has 0 aliphatic rings. The van der Waals surface area contributed by atoms with Gasteiger partial charge in [0.25, 0.3) is 5.91 Å². The van der Waals surface area contributed by atoms with Crippen LogP contribution in [0.15, 0.2) is 18.2 Å². The minimum atomic E-state index is -1.06. The van der Waals surface area contributed by atoms with Gasteiger partial charge >= 0.3 is 0 Å². The standard InChI is InChI=1S/C13H17N3O4/c1-13(2,20-3)12(19)16-9-5-7(10(14)17)4-8(6-9)11(15)18/h4-6H,1-3H3,(H2,14,17)(H2,15,18)(H,16,19). The van der Waals surface area contributed by atoms with Gasteiger partial charge in [0.2, 0.25) is 11.8 Å². The molecule has 0 saturated carbocycles. The molecule has 0 saturated heterocycles. The van der Waals surface area contributed by atoms with Gasteiger partial charge in [-0.25, -0.2) is 0 Å². The molecule has 108 valence electrons. The van der Waals surface area contributed by atoms with E-state index in [-0.39, 0.29) is 16.8 Å². The number of anilines is 1. The van der Waals surface area contributed by atoms with Crippen LogP contribution in [-0.2, 0) is 9.53 Å². The zero-order chi connectivity index (χ0) is 15.5. The third-order valence-electron chi connectivity index (χ3n) is 2.82. The Morgan fingerprint density at radius 1 is 1.05 bits per heavy atom. The summed E-state index contributed by atoms with van der Waals surface area (Å²) in [5.41, 5.74) is 9.66. The molecule has 0 aliphatic carbocycles. The minimum Gasteiger partial charge on any atom is -0.369 e. The SMILES string of the molecule is COC(C)(C)C(=O)Nc1cc(C(N)=O)cc(C(N)=O)c1. The van der Waals surface area contributed by atoms with Crippen LogP contribution in [0.5, 0.6) is 0 Å². The second-order valence-corrected chi connectivity index (χ2v) is 4.70. The Hall–Kier alpha value is -2.41. The molecule has 5 N–H and O–H groups in total. The Labute approximate surface area is 116 Å². The lowest BCUT2D eigenvalue weighted by Crippen LogP contribution is -2.38. The van der Waals surface area contributed by atoms with Gasteiger partial charge in [-0.1, -0.05) is 0 Å². The lowest BCUT2D eigenvalue weighted by molar-refractivity contribution is -0.133. The van der Waals surface area contributed by atoms with E-state index in [4.69, 9.17) is 16.2 Å². The lowest BCUT2D eigenvalue weighted by atomic mass is 10.1. The first kappa shape index (κ1) is 15.6. The Morgan fingerprint density at radius 2 is 1.50 bits per heavy atom. The van der Waals surface area contributed by atoms with Crippen LogP contribution in [0.25, 0.3) is 0 Å². The second-order valence-electron chi connectivity index (χ2n) is 4.70. The quantitative estimate of drug-likeness (QED) is 0.714. The molecule has 3 amide bonds. The normalized spacial score (nSPS) is 10.9. The summed E-state index contributed by atoms with van der Waals surface area (Å²) >= 11 is 0. The van der Waals surface area contributed by atoms with E-state index in [0.717, 1.165) is 0 Å². The van der Waals surface area contributed by atoms with Gasteiger partial charge in [-0.3, -0.25) is 14.4 Å². The number of carbonyl (C=O) groups excluding carboxylic acids is 3. The zero-order valence-electron chi connectivity index (χ0n) is 11.5. The van der Waals surface area contributed by atoms with Gasteiger partial charge in [0.05, 0.1) is 0 Å². The van der Waals surface area contributed by atoms with Gasteiger partial charge in [0.1, 0.15) is 5.60 Å². The van der Waals surface area contributed by atoms with E-state index in [9.17, 15) is 14.4 Å². The summed E-state index contributed by atoms with van der Waals surface area (Å²) in [6, 6.07) is 3.98. The van der Waals surface area contributed by atoms with Crippen molar-refractivity contribution in [3.8, 4) is 0 Å². The number of benzene rings is 1. The topological polar surface area (TPSA) is 125 Å². The number of ether oxygens (including phenoxy) is 1. The lowest BCUT2D eigenvalue weighted by Gasteiger charge is -2.22. The van der Waals surface area contributed by atoms with E-state index in [0.29, 0.717) is 0 Å². The highest BCUT2D eigenvalue weighted by atomic mass is 16.5. The van der Waals surface area contributed by atoms with Gasteiger partial charge in [-0.15, -0.1) is 0 Å². The summed E-state index contributed by atoms with van der Waals surface area (Å²) in [6.07, 6.45) is 0. The molecule has 0 fully saturated rings. The molecule has 0 unspecified atom stereocenters. The van der Waals surface area contributed by atoms with E-state index >= 15 is 0 Å². The van der Waals surface area contributed by atoms with Crippen LogP contribution in [0.1, 0.15) is 34.6 Å². The van der Waals surface area contributed by atoms with Crippen molar-refractivity contribution in [3.05, 3.63) is 29.3 Å². The number of amides is 3. The smallest absolute Gasteiger partial charge is 0.256 e. The first-order valence-corrected chi connectivity index (χ1v) is 5.78. The van der Waals surface area contributed by atoms with Gasteiger partial charge in [0, 0.05) is 23.9 Å².